The number of nitrogens with one attached hydrogen (secondary N) is 2. The maximum Gasteiger partial charge on any atom is 0.274 e. The van der Waals surface area contributed by atoms with E-state index in [0.29, 0.717) is 0 Å². The highest BCUT2D eigenvalue weighted by molar-refractivity contribution is 6.04. The lowest BCUT2D eigenvalue weighted by molar-refractivity contribution is 0.0938. The van der Waals surface area contributed by atoms with Gasteiger partial charge >= 0.3 is 0 Å². The quantitative estimate of drug-likeness (QED) is 0.905. The predicted molar refractivity (Wildman–Crippen MR) is 95.4 cm³/mol. The van der Waals surface area contributed by atoms with Crippen molar-refractivity contribution in [1.29, 1.82) is 0 Å². The summed E-state index contributed by atoms with van der Waals surface area (Å²) in [4.78, 5) is 28.7. The van der Waals surface area contributed by atoms with Crippen LogP contribution in [0.4, 0.5) is 5.69 Å². The van der Waals surface area contributed by atoms with E-state index in [-0.39, 0.29) is 29.2 Å². The molecule has 0 aliphatic rings. The number of pyridine rings is 1. The number of amides is 2. The Hall–Kier alpha value is -2.69. The van der Waals surface area contributed by atoms with Crippen LogP contribution in [-0.2, 0) is 0 Å². The molecule has 0 aliphatic heterocycles. The molecule has 126 valence electrons. The number of hydrogen-bond acceptors (Lipinski definition) is 3. The largest absolute Gasteiger partial charge is 0.349 e. The SMILES string of the molecule is Cc1cc(C)c(NC(=O)c2cccc(C(=O)NC(C)C)n2)c(C)c1. The van der Waals surface area contributed by atoms with Crippen LogP contribution in [0.25, 0.3) is 0 Å². The zero-order valence-electron chi connectivity index (χ0n) is 14.7. The van der Waals surface area contributed by atoms with Gasteiger partial charge in [0.2, 0.25) is 0 Å². The molecule has 0 saturated heterocycles. The van der Waals surface area contributed by atoms with Gasteiger partial charge in [-0.25, -0.2) is 4.98 Å². The second-order valence-corrected chi connectivity index (χ2v) is 6.26. The van der Waals surface area contributed by atoms with Crippen molar-refractivity contribution in [2.75, 3.05) is 5.32 Å². The van der Waals surface area contributed by atoms with Crippen molar-refractivity contribution >= 4 is 17.5 Å². The van der Waals surface area contributed by atoms with E-state index in [4.69, 9.17) is 0 Å². The molecule has 5 nitrogen and oxygen atoms in total. The lowest BCUT2D eigenvalue weighted by Crippen LogP contribution is -2.31. The average molecular weight is 325 g/mol. The minimum absolute atomic E-state index is 0.00893. The van der Waals surface area contributed by atoms with Crippen molar-refractivity contribution in [2.24, 2.45) is 0 Å². The number of aromatic nitrogens is 1. The van der Waals surface area contributed by atoms with E-state index in [1.54, 1.807) is 18.2 Å². The first kappa shape index (κ1) is 17.7. The molecule has 2 rings (SSSR count). The average Bonchev–Trinajstić information content (AvgIpc) is 2.50. The molecule has 24 heavy (non-hydrogen) atoms. The van der Waals surface area contributed by atoms with Crippen LogP contribution >= 0.6 is 0 Å². The van der Waals surface area contributed by atoms with E-state index >= 15 is 0 Å². The summed E-state index contributed by atoms with van der Waals surface area (Å²) in [5.74, 6) is -0.619. The molecule has 0 aliphatic carbocycles. The van der Waals surface area contributed by atoms with E-state index < -0.39 is 0 Å². The van der Waals surface area contributed by atoms with Gasteiger partial charge in [0.1, 0.15) is 11.4 Å². The second kappa shape index (κ2) is 7.25. The maximum atomic E-state index is 12.5. The Morgan fingerprint density at radius 2 is 1.50 bits per heavy atom. The van der Waals surface area contributed by atoms with Gasteiger partial charge in [-0.1, -0.05) is 23.8 Å². The fourth-order valence-corrected chi connectivity index (χ4v) is 2.58. The molecular weight excluding hydrogens is 302 g/mol. The first-order valence-corrected chi connectivity index (χ1v) is 7.95. The van der Waals surface area contributed by atoms with Crippen LogP contribution < -0.4 is 10.6 Å². The monoisotopic (exact) mass is 325 g/mol. The van der Waals surface area contributed by atoms with E-state index in [9.17, 15) is 9.59 Å². The fourth-order valence-electron chi connectivity index (χ4n) is 2.58. The Morgan fingerprint density at radius 1 is 0.958 bits per heavy atom. The summed E-state index contributed by atoms with van der Waals surface area (Å²) in [5, 5.41) is 5.66. The number of nitrogens with zero attached hydrogens (tertiary/aromatic N) is 1. The first-order valence-electron chi connectivity index (χ1n) is 7.95. The molecule has 2 aromatic rings. The lowest BCUT2D eigenvalue weighted by Gasteiger charge is -2.13. The Bertz CT molecular complexity index is 759. The molecule has 0 atom stereocenters. The van der Waals surface area contributed by atoms with Gasteiger partial charge < -0.3 is 10.6 Å². The molecule has 0 spiro atoms. The summed E-state index contributed by atoms with van der Waals surface area (Å²) in [6, 6.07) is 8.89. The third-order valence-corrected chi connectivity index (χ3v) is 3.55. The normalized spacial score (nSPS) is 10.6. The molecule has 2 amide bonds. The Kier molecular flexibility index (Phi) is 5.34. The van der Waals surface area contributed by atoms with Gasteiger partial charge in [0.05, 0.1) is 0 Å². The van der Waals surface area contributed by atoms with Crippen LogP contribution in [0, 0.1) is 20.8 Å². The smallest absolute Gasteiger partial charge is 0.274 e. The Morgan fingerprint density at radius 3 is 2.04 bits per heavy atom. The van der Waals surface area contributed by atoms with Gasteiger partial charge in [-0.15, -0.1) is 0 Å². The topological polar surface area (TPSA) is 71.1 Å². The second-order valence-electron chi connectivity index (χ2n) is 6.26. The zero-order valence-corrected chi connectivity index (χ0v) is 14.7. The van der Waals surface area contributed by atoms with Gasteiger partial charge in [0, 0.05) is 11.7 Å². The van der Waals surface area contributed by atoms with Crippen LogP contribution in [-0.4, -0.2) is 22.8 Å². The van der Waals surface area contributed by atoms with Crippen molar-refractivity contribution in [3.63, 3.8) is 0 Å². The number of carbonyl (C=O) groups is 2. The summed E-state index contributed by atoms with van der Waals surface area (Å²) < 4.78 is 0. The summed E-state index contributed by atoms with van der Waals surface area (Å²) in [7, 11) is 0. The number of rotatable bonds is 4. The Labute approximate surface area is 142 Å². The van der Waals surface area contributed by atoms with E-state index in [1.165, 1.54) is 0 Å². The molecule has 0 saturated carbocycles. The van der Waals surface area contributed by atoms with Gasteiger partial charge in [-0.05, 0) is 57.9 Å². The molecule has 1 heterocycles. The molecule has 2 N–H and O–H groups in total. The van der Waals surface area contributed by atoms with Crippen LogP contribution in [0.1, 0.15) is 51.5 Å². The van der Waals surface area contributed by atoms with Crippen molar-refractivity contribution in [2.45, 2.75) is 40.7 Å². The molecule has 0 unspecified atom stereocenters. The van der Waals surface area contributed by atoms with Gasteiger partial charge in [-0.3, -0.25) is 9.59 Å². The number of hydrogen-bond donors (Lipinski definition) is 2. The minimum Gasteiger partial charge on any atom is -0.349 e. The van der Waals surface area contributed by atoms with Crippen molar-refractivity contribution in [1.82, 2.24) is 10.3 Å². The Balaban J connectivity index is 2.24. The fraction of sp³-hybridized carbons (Fsp3) is 0.316. The van der Waals surface area contributed by atoms with E-state index in [1.807, 2.05) is 46.8 Å². The zero-order chi connectivity index (χ0) is 17.9. The highest BCUT2D eigenvalue weighted by Gasteiger charge is 2.15. The number of anilines is 1. The van der Waals surface area contributed by atoms with E-state index in [2.05, 4.69) is 15.6 Å². The lowest BCUT2D eigenvalue weighted by atomic mass is 10.0. The minimum atomic E-state index is -0.329. The highest BCUT2D eigenvalue weighted by atomic mass is 16.2. The van der Waals surface area contributed by atoms with Crippen molar-refractivity contribution in [3.05, 3.63) is 58.4 Å². The van der Waals surface area contributed by atoms with Crippen LogP contribution in [0.5, 0.6) is 0 Å². The molecule has 1 aromatic heterocycles. The molecular formula is C19H23N3O2. The van der Waals surface area contributed by atoms with Crippen LogP contribution in [0.2, 0.25) is 0 Å². The molecule has 0 radical (unpaired) electrons. The van der Waals surface area contributed by atoms with Crippen LogP contribution in [0.15, 0.2) is 30.3 Å². The number of carbonyl (C=O) groups excluding carboxylic acids is 2. The van der Waals surface area contributed by atoms with Gasteiger partial charge in [-0.2, -0.15) is 0 Å². The summed E-state index contributed by atoms with van der Waals surface area (Å²) in [6.45, 7) is 9.67. The first-order chi connectivity index (χ1) is 11.3. The maximum absolute atomic E-state index is 12.5. The van der Waals surface area contributed by atoms with Crippen LogP contribution in [0.3, 0.4) is 0 Å². The van der Waals surface area contributed by atoms with Crippen molar-refractivity contribution < 1.29 is 9.59 Å². The summed E-state index contributed by atoms with van der Waals surface area (Å²) in [5.41, 5.74) is 4.36. The van der Waals surface area contributed by atoms with E-state index in [0.717, 1.165) is 22.4 Å². The number of benzene rings is 1. The summed E-state index contributed by atoms with van der Waals surface area (Å²) >= 11 is 0. The van der Waals surface area contributed by atoms with Crippen molar-refractivity contribution in [3.8, 4) is 0 Å². The third-order valence-electron chi connectivity index (χ3n) is 3.55. The summed E-state index contributed by atoms with van der Waals surface area (Å²) in [6.07, 6.45) is 0. The highest BCUT2D eigenvalue weighted by Crippen LogP contribution is 2.22. The molecule has 1 aromatic carbocycles. The predicted octanol–water partition coefficient (Wildman–Crippen LogP) is 3.40. The number of aryl methyl sites for hydroxylation is 3. The molecule has 0 fully saturated rings. The molecule has 5 heteroatoms. The third kappa shape index (κ3) is 4.19. The van der Waals surface area contributed by atoms with Gasteiger partial charge in [0.25, 0.3) is 11.8 Å². The molecule has 0 bridgehead atoms. The standard InChI is InChI=1S/C19H23N3O2/c1-11(2)20-18(23)15-7-6-8-16(21-15)19(24)22-17-13(4)9-12(3)10-14(17)5/h6-11H,1-5H3,(H,20,23)(H,22,24). The van der Waals surface area contributed by atoms with Gasteiger partial charge in [0.15, 0.2) is 0 Å².